The maximum Gasteiger partial charge on any atom is 0.178 e. The molecule has 3 rings (SSSR count). The fourth-order valence-corrected chi connectivity index (χ4v) is 3.41. The Balaban J connectivity index is 2.18. The van der Waals surface area contributed by atoms with Gasteiger partial charge < -0.3 is 4.98 Å². The van der Waals surface area contributed by atoms with Gasteiger partial charge in [0.2, 0.25) is 0 Å². The fourth-order valence-electron chi connectivity index (χ4n) is 1.43. The minimum Gasteiger partial charge on any atom is -0.336 e. The SMILES string of the molecule is Brc1cc(-c2nc3ncccc3[nH]2)sc1Br. The number of thiophene rings is 1. The number of hydrogen-bond acceptors (Lipinski definition) is 3. The van der Waals surface area contributed by atoms with Crippen LogP contribution in [-0.2, 0) is 0 Å². The lowest BCUT2D eigenvalue weighted by Gasteiger charge is -1.86. The van der Waals surface area contributed by atoms with Crippen LogP contribution in [0.5, 0.6) is 0 Å². The van der Waals surface area contributed by atoms with Gasteiger partial charge in [-0.2, -0.15) is 0 Å². The highest BCUT2D eigenvalue weighted by molar-refractivity contribution is 9.13. The van der Waals surface area contributed by atoms with Crippen LogP contribution in [0.15, 0.2) is 32.7 Å². The Kier molecular flexibility index (Phi) is 2.57. The summed E-state index contributed by atoms with van der Waals surface area (Å²) < 4.78 is 2.11. The molecule has 0 amide bonds. The molecule has 0 atom stereocenters. The van der Waals surface area contributed by atoms with Crippen molar-refractivity contribution in [2.45, 2.75) is 0 Å². The topological polar surface area (TPSA) is 41.6 Å². The Labute approximate surface area is 112 Å². The number of pyridine rings is 1. The van der Waals surface area contributed by atoms with E-state index in [9.17, 15) is 0 Å². The third-order valence-corrected chi connectivity index (χ3v) is 5.40. The lowest BCUT2D eigenvalue weighted by molar-refractivity contribution is 1.31. The Hall–Kier alpha value is -0.720. The second-order valence-corrected chi connectivity index (χ2v) is 6.42. The Morgan fingerprint density at radius 2 is 2.19 bits per heavy atom. The van der Waals surface area contributed by atoms with Gasteiger partial charge in [0.25, 0.3) is 0 Å². The molecular weight excluding hydrogens is 354 g/mol. The van der Waals surface area contributed by atoms with Crippen molar-refractivity contribution in [3.8, 4) is 10.7 Å². The first-order chi connectivity index (χ1) is 7.74. The maximum absolute atomic E-state index is 4.44. The van der Waals surface area contributed by atoms with E-state index >= 15 is 0 Å². The standard InChI is InChI=1S/C10H5Br2N3S/c11-5-4-7(16-8(5)12)10-14-6-2-1-3-13-9(6)15-10/h1-4H,(H,13,14,15). The van der Waals surface area contributed by atoms with E-state index in [1.807, 2.05) is 18.2 Å². The first kappa shape index (κ1) is 10.4. The number of imidazole rings is 1. The van der Waals surface area contributed by atoms with Gasteiger partial charge >= 0.3 is 0 Å². The zero-order chi connectivity index (χ0) is 11.1. The molecule has 80 valence electrons. The summed E-state index contributed by atoms with van der Waals surface area (Å²) in [6.45, 7) is 0. The van der Waals surface area contributed by atoms with Gasteiger partial charge in [0, 0.05) is 10.7 Å². The lowest BCUT2D eigenvalue weighted by atomic mass is 10.4. The molecule has 3 aromatic rings. The molecule has 0 aliphatic heterocycles. The minimum atomic E-state index is 0.748. The summed E-state index contributed by atoms with van der Waals surface area (Å²) in [6.07, 6.45) is 1.74. The molecule has 0 spiro atoms. The van der Waals surface area contributed by atoms with Crippen molar-refractivity contribution in [3.63, 3.8) is 0 Å². The molecule has 0 unspecified atom stereocenters. The normalized spacial score (nSPS) is 11.1. The molecule has 3 heterocycles. The molecule has 0 saturated heterocycles. The highest BCUT2D eigenvalue weighted by Gasteiger charge is 2.10. The number of nitrogens with one attached hydrogen (secondary N) is 1. The Morgan fingerprint density at radius 1 is 1.31 bits per heavy atom. The molecule has 0 aliphatic rings. The molecule has 0 aromatic carbocycles. The molecule has 0 aliphatic carbocycles. The smallest absolute Gasteiger partial charge is 0.178 e. The first-order valence-corrected chi connectivity index (χ1v) is 6.90. The van der Waals surface area contributed by atoms with Crippen LogP contribution in [0, 0.1) is 0 Å². The van der Waals surface area contributed by atoms with Crippen LogP contribution in [-0.4, -0.2) is 15.0 Å². The number of H-pyrrole nitrogens is 1. The summed E-state index contributed by atoms with van der Waals surface area (Å²) >= 11 is 8.57. The molecule has 3 nitrogen and oxygen atoms in total. The third kappa shape index (κ3) is 1.70. The van der Waals surface area contributed by atoms with E-state index in [4.69, 9.17) is 0 Å². The van der Waals surface area contributed by atoms with Gasteiger partial charge in [0.15, 0.2) is 11.5 Å². The number of aromatic nitrogens is 3. The molecule has 1 N–H and O–H groups in total. The van der Waals surface area contributed by atoms with Crippen LogP contribution >= 0.6 is 43.2 Å². The summed E-state index contributed by atoms with van der Waals surface area (Å²) in [5, 5.41) is 0. The van der Waals surface area contributed by atoms with Crippen molar-refractivity contribution in [2.24, 2.45) is 0 Å². The summed E-state index contributed by atoms with van der Waals surface area (Å²) in [5.41, 5.74) is 1.70. The molecular formula is C10H5Br2N3S. The highest BCUT2D eigenvalue weighted by atomic mass is 79.9. The zero-order valence-corrected chi connectivity index (χ0v) is 11.9. The summed E-state index contributed by atoms with van der Waals surface area (Å²) in [6, 6.07) is 5.90. The molecule has 3 aromatic heterocycles. The van der Waals surface area contributed by atoms with E-state index in [2.05, 4.69) is 46.8 Å². The van der Waals surface area contributed by atoms with E-state index in [1.54, 1.807) is 17.5 Å². The van der Waals surface area contributed by atoms with E-state index < -0.39 is 0 Å². The number of fused-ring (bicyclic) bond motifs is 1. The number of aromatic amines is 1. The quantitative estimate of drug-likeness (QED) is 0.707. The van der Waals surface area contributed by atoms with Crippen LogP contribution < -0.4 is 0 Å². The fraction of sp³-hybridized carbons (Fsp3) is 0. The summed E-state index contributed by atoms with van der Waals surface area (Å²) in [7, 11) is 0. The maximum atomic E-state index is 4.44. The van der Waals surface area contributed by atoms with Gasteiger partial charge in [0.05, 0.1) is 14.2 Å². The van der Waals surface area contributed by atoms with Gasteiger partial charge in [-0.1, -0.05) is 0 Å². The molecule has 6 heteroatoms. The second-order valence-electron chi connectivity index (χ2n) is 3.19. The highest BCUT2D eigenvalue weighted by Crippen LogP contribution is 2.37. The minimum absolute atomic E-state index is 0.748. The van der Waals surface area contributed by atoms with Crippen molar-refractivity contribution in [3.05, 3.63) is 32.7 Å². The van der Waals surface area contributed by atoms with E-state index in [-0.39, 0.29) is 0 Å². The van der Waals surface area contributed by atoms with E-state index in [0.29, 0.717) is 0 Å². The summed E-state index contributed by atoms with van der Waals surface area (Å²) in [5.74, 6) is 0.852. The van der Waals surface area contributed by atoms with Gasteiger partial charge in [0.1, 0.15) is 0 Å². The van der Waals surface area contributed by atoms with Crippen LogP contribution in [0.4, 0.5) is 0 Å². The van der Waals surface area contributed by atoms with Crippen LogP contribution in [0.2, 0.25) is 0 Å². The lowest BCUT2D eigenvalue weighted by Crippen LogP contribution is -1.73. The van der Waals surface area contributed by atoms with Gasteiger partial charge in [-0.15, -0.1) is 11.3 Å². The summed E-state index contributed by atoms with van der Waals surface area (Å²) in [4.78, 5) is 13.0. The van der Waals surface area contributed by atoms with Crippen molar-refractivity contribution < 1.29 is 0 Å². The van der Waals surface area contributed by atoms with Crippen LogP contribution in [0.25, 0.3) is 21.9 Å². The largest absolute Gasteiger partial charge is 0.336 e. The molecule has 16 heavy (non-hydrogen) atoms. The third-order valence-electron chi connectivity index (χ3n) is 2.14. The number of halogens is 2. The zero-order valence-electron chi connectivity index (χ0n) is 7.87. The molecule has 0 saturated carbocycles. The van der Waals surface area contributed by atoms with Gasteiger partial charge in [-0.3, -0.25) is 0 Å². The molecule has 0 fully saturated rings. The van der Waals surface area contributed by atoms with Crippen molar-refractivity contribution >= 4 is 54.4 Å². The Bertz CT molecular complexity index is 606. The van der Waals surface area contributed by atoms with Gasteiger partial charge in [-0.05, 0) is 50.1 Å². The predicted octanol–water partition coefficient (Wildman–Crippen LogP) is 4.21. The van der Waals surface area contributed by atoms with E-state index in [1.165, 1.54) is 0 Å². The van der Waals surface area contributed by atoms with Crippen molar-refractivity contribution in [1.29, 1.82) is 0 Å². The Morgan fingerprint density at radius 3 is 2.88 bits per heavy atom. The average Bonchev–Trinajstić information content (AvgIpc) is 2.83. The molecule has 0 bridgehead atoms. The van der Waals surface area contributed by atoms with Crippen LogP contribution in [0.1, 0.15) is 0 Å². The predicted molar refractivity (Wildman–Crippen MR) is 72.6 cm³/mol. The number of rotatable bonds is 1. The van der Waals surface area contributed by atoms with E-state index in [0.717, 1.165) is 30.1 Å². The van der Waals surface area contributed by atoms with Gasteiger partial charge in [-0.25, -0.2) is 9.97 Å². The molecule has 0 radical (unpaired) electrons. The average molecular weight is 359 g/mol. The second kappa shape index (κ2) is 3.94. The number of hydrogen-bond donors (Lipinski definition) is 1. The monoisotopic (exact) mass is 357 g/mol. The van der Waals surface area contributed by atoms with Crippen molar-refractivity contribution in [2.75, 3.05) is 0 Å². The number of nitrogens with zero attached hydrogens (tertiary/aromatic N) is 2. The first-order valence-electron chi connectivity index (χ1n) is 4.50. The van der Waals surface area contributed by atoms with Crippen LogP contribution in [0.3, 0.4) is 0 Å². The van der Waals surface area contributed by atoms with Crippen molar-refractivity contribution in [1.82, 2.24) is 15.0 Å².